The molecule has 0 aromatic carbocycles. The number of ether oxygens (including phenoxy) is 1. The van der Waals surface area contributed by atoms with E-state index in [0.717, 1.165) is 6.92 Å². The molecule has 0 radical (unpaired) electrons. The lowest BCUT2D eigenvalue weighted by atomic mass is 9.85. The summed E-state index contributed by atoms with van der Waals surface area (Å²) in [5, 5.41) is 9.78. The summed E-state index contributed by atoms with van der Waals surface area (Å²) < 4.78 is 81.5. The first-order chi connectivity index (χ1) is 15.9. The molecule has 2 rings (SSSR count). The number of hydrogen-bond acceptors (Lipinski definition) is 10. The Hall–Kier alpha value is -1.57. The van der Waals surface area contributed by atoms with Gasteiger partial charge in [-0.1, -0.05) is 5.92 Å². The Morgan fingerprint density at radius 2 is 1.83 bits per heavy atom. The van der Waals surface area contributed by atoms with E-state index in [1.165, 1.54) is 6.92 Å². The van der Waals surface area contributed by atoms with Crippen molar-refractivity contribution >= 4 is 23.5 Å². The van der Waals surface area contributed by atoms with Crippen molar-refractivity contribution in [3.63, 3.8) is 0 Å². The normalized spacial score (nSPS) is 29.0. The van der Waals surface area contributed by atoms with Crippen LogP contribution >= 0.6 is 23.5 Å². The Balaban J connectivity index is 2.42. The number of aromatic nitrogens is 2. The summed E-state index contributed by atoms with van der Waals surface area (Å²) in [6, 6.07) is 0. The van der Waals surface area contributed by atoms with E-state index in [4.69, 9.17) is 14.5 Å². The first-order valence-corrected chi connectivity index (χ1v) is 13.6. The van der Waals surface area contributed by atoms with Crippen LogP contribution in [0.5, 0.6) is 0 Å². The van der Waals surface area contributed by atoms with Crippen molar-refractivity contribution in [1.29, 1.82) is 0 Å². The zero-order valence-electron chi connectivity index (χ0n) is 17.5. The van der Waals surface area contributed by atoms with Crippen LogP contribution in [0.4, 0.5) is 8.78 Å². The summed E-state index contributed by atoms with van der Waals surface area (Å²) in [6.45, 7) is 1.02. The number of nitrogens with zero attached hydrogens (tertiary/aromatic N) is 1. The predicted molar refractivity (Wildman–Crippen MR) is 107 cm³/mol. The largest absolute Gasteiger partial charge is 0.490 e. The molecule has 1 fully saturated rings. The molecule has 6 N–H and O–H groups in total. The fourth-order valence-electron chi connectivity index (χ4n) is 3.26. The smallest absolute Gasteiger partial charge is 0.396 e. The molecule has 1 aliphatic heterocycles. The van der Waals surface area contributed by atoms with Crippen molar-refractivity contribution in [3.05, 3.63) is 32.9 Å². The monoisotopic (exact) mass is 570 g/mol. The molecule has 21 heteroatoms. The fraction of sp³-hybridized carbons (Fsp3) is 0.571. The Labute approximate surface area is 193 Å². The lowest BCUT2D eigenvalue weighted by Gasteiger charge is -2.27. The van der Waals surface area contributed by atoms with Crippen LogP contribution in [0.2, 0.25) is 0 Å². The zero-order valence-corrected chi connectivity index (χ0v) is 20.2. The van der Waals surface area contributed by atoms with Gasteiger partial charge in [0, 0.05) is 0 Å². The van der Waals surface area contributed by atoms with Crippen molar-refractivity contribution < 1.29 is 65.0 Å². The van der Waals surface area contributed by atoms with Gasteiger partial charge in [0.2, 0.25) is 11.5 Å². The van der Waals surface area contributed by atoms with E-state index < -0.39 is 77.2 Å². The van der Waals surface area contributed by atoms with Crippen LogP contribution in [0.3, 0.4) is 0 Å². The first-order valence-electron chi connectivity index (χ1n) is 9.08. The number of rotatable bonds is 9. The van der Waals surface area contributed by atoms with E-state index in [2.05, 4.69) is 25.0 Å². The molecule has 1 saturated heterocycles. The van der Waals surface area contributed by atoms with Gasteiger partial charge in [-0.15, -0.1) is 5.92 Å². The highest BCUT2D eigenvalue weighted by atomic mass is 31.3. The number of halogens is 2. The minimum Gasteiger partial charge on any atom is -0.396 e. The molecule has 1 aromatic heterocycles. The average Bonchev–Trinajstić information content (AvgIpc) is 2.93. The molecule has 0 amide bonds. The summed E-state index contributed by atoms with van der Waals surface area (Å²) in [5.41, 5.74) is -5.73. The van der Waals surface area contributed by atoms with Gasteiger partial charge < -0.3 is 29.4 Å². The van der Waals surface area contributed by atoms with Gasteiger partial charge in [-0.25, -0.2) is 22.9 Å². The first kappa shape index (κ1) is 29.7. The van der Waals surface area contributed by atoms with Gasteiger partial charge >= 0.3 is 29.2 Å². The molecule has 7 atom stereocenters. The summed E-state index contributed by atoms with van der Waals surface area (Å²) in [7, 11) is -17.2. The van der Waals surface area contributed by atoms with Gasteiger partial charge in [-0.3, -0.25) is 18.9 Å². The standard InChI is InChI=1S/C14H19F2N2O14P3/c1-3-4-14(16)8(6-19)10(29-12(14)18-5-9(15)11(20)17-13(18)21)7(2)30-34(25,26)32-35(27,28)31-33(22,23)24/h5,7-8,10,12,19H,6H2,1-2H3,(H,25,26)(H,27,28)(H,17,20,21)(H2,22,23,24)/t7-,8?,10-,12-,14?/m1/s1. The predicted octanol–water partition coefficient (Wildman–Crippen LogP) is -0.355. The van der Waals surface area contributed by atoms with Crippen molar-refractivity contribution in [2.75, 3.05) is 6.61 Å². The maximum Gasteiger partial charge on any atom is 0.490 e. The van der Waals surface area contributed by atoms with E-state index in [9.17, 15) is 42.6 Å². The molecule has 0 bridgehead atoms. The lowest BCUT2D eigenvalue weighted by molar-refractivity contribution is -0.0747. The van der Waals surface area contributed by atoms with E-state index in [0.29, 0.717) is 6.20 Å². The van der Waals surface area contributed by atoms with Crippen molar-refractivity contribution in [2.45, 2.75) is 38.0 Å². The van der Waals surface area contributed by atoms with Crippen LogP contribution in [0.25, 0.3) is 0 Å². The molecular formula is C14H19F2N2O14P3. The average molecular weight is 570 g/mol. The van der Waals surface area contributed by atoms with Crippen LogP contribution in [-0.4, -0.2) is 58.7 Å². The highest BCUT2D eigenvalue weighted by molar-refractivity contribution is 7.66. The van der Waals surface area contributed by atoms with E-state index in [1.807, 2.05) is 0 Å². The molecule has 1 aliphatic rings. The Morgan fingerprint density at radius 1 is 1.23 bits per heavy atom. The van der Waals surface area contributed by atoms with Crippen molar-refractivity contribution in [2.24, 2.45) is 5.92 Å². The van der Waals surface area contributed by atoms with Crippen LogP contribution in [-0.2, 0) is 31.6 Å². The third-order valence-electron chi connectivity index (χ3n) is 4.45. The highest BCUT2D eigenvalue weighted by Gasteiger charge is 2.60. The molecule has 1 aromatic rings. The maximum absolute atomic E-state index is 16.0. The van der Waals surface area contributed by atoms with E-state index in [1.54, 1.807) is 4.98 Å². The highest BCUT2D eigenvalue weighted by Crippen LogP contribution is 2.67. The number of aliphatic hydroxyl groups excluding tert-OH is 1. The Kier molecular flexibility index (Phi) is 8.84. The van der Waals surface area contributed by atoms with Gasteiger partial charge in [-0.2, -0.15) is 13.0 Å². The molecule has 16 nitrogen and oxygen atoms in total. The number of H-pyrrole nitrogens is 1. The molecular weight excluding hydrogens is 551 g/mol. The topological polar surface area (TPSA) is 244 Å². The number of hydrogen-bond donors (Lipinski definition) is 6. The van der Waals surface area contributed by atoms with Crippen LogP contribution in [0.15, 0.2) is 15.8 Å². The quantitative estimate of drug-likeness (QED) is 0.164. The van der Waals surface area contributed by atoms with Crippen LogP contribution in [0, 0.1) is 23.6 Å². The van der Waals surface area contributed by atoms with Gasteiger partial charge in [0.25, 0.3) is 5.56 Å². The SMILES string of the molecule is CC#CC1(F)C(CO)[C@@H]([C@@H](C)OP(=O)(O)OP(=O)(O)OP(=O)(O)O)O[C@H]1n1cc(F)c(=O)[nH]c1=O. The minimum atomic E-state index is -5.87. The number of nitrogens with one attached hydrogen (secondary N) is 1. The second kappa shape index (κ2) is 10.4. The minimum absolute atomic E-state index is 0.279. The molecule has 35 heavy (non-hydrogen) atoms. The summed E-state index contributed by atoms with van der Waals surface area (Å²) in [6.07, 6.45) is -5.42. The third kappa shape index (κ3) is 7.01. The molecule has 2 heterocycles. The van der Waals surface area contributed by atoms with Crippen LogP contribution < -0.4 is 11.2 Å². The lowest BCUT2D eigenvalue weighted by Crippen LogP contribution is -2.44. The van der Waals surface area contributed by atoms with Gasteiger partial charge in [0.15, 0.2) is 6.23 Å². The number of aromatic amines is 1. The summed E-state index contributed by atoms with van der Waals surface area (Å²) in [4.78, 5) is 61.1. The number of phosphoric acid groups is 3. The second-order valence-corrected chi connectivity index (χ2v) is 11.3. The Bertz CT molecular complexity index is 1280. The molecule has 0 aliphatic carbocycles. The van der Waals surface area contributed by atoms with Gasteiger partial charge in [0.1, 0.15) is 0 Å². The van der Waals surface area contributed by atoms with Crippen LogP contribution in [0.1, 0.15) is 20.1 Å². The van der Waals surface area contributed by atoms with E-state index >= 15 is 4.39 Å². The molecule has 198 valence electrons. The summed E-state index contributed by atoms with van der Waals surface area (Å²) in [5.74, 6) is 0.982. The maximum atomic E-state index is 16.0. The third-order valence-corrected chi connectivity index (χ3v) is 8.38. The van der Waals surface area contributed by atoms with Gasteiger partial charge in [-0.05, 0) is 13.8 Å². The van der Waals surface area contributed by atoms with Crippen molar-refractivity contribution in [1.82, 2.24) is 9.55 Å². The summed E-state index contributed by atoms with van der Waals surface area (Å²) >= 11 is 0. The molecule has 0 saturated carbocycles. The van der Waals surface area contributed by atoms with E-state index in [-0.39, 0.29) is 4.57 Å². The molecule has 4 unspecified atom stereocenters. The van der Waals surface area contributed by atoms with Gasteiger partial charge in [0.05, 0.1) is 30.9 Å². The molecule has 0 spiro atoms. The van der Waals surface area contributed by atoms with Crippen molar-refractivity contribution in [3.8, 4) is 11.8 Å². The fourth-order valence-corrected chi connectivity index (χ4v) is 6.46. The zero-order chi connectivity index (χ0) is 27.0. The Morgan fingerprint density at radius 3 is 2.34 bits per heavy atom. The second-order valence-electron chi connectivity index (χ2n) is 6.93. The number of alkyl halides is 1. The number of aliphatic hydroxyl groups is 1. The number of phosphoric ester groups is 1.